The van der Waals surface area contributed by atoms with E-state index >= 15 is 0 Å². The van der Waals surface area contributed by atoms with E-state index in [4.69, 9.17) is 0 Å². The van der Waals surface area contributed by atoms with Gasteiger partial charge in [0, 0.05) is 11.6 Å². The van der Waals surface area contributed by atoms with Crippen LogP contribution in [0.25, 0.3) is 0 Å². The van der Waals surface area contributed by atoms with Crippen molar-refractivity contribution in [2.75, 3.05) is 6.54 Å². The van der Waals surface area contributed by atoms with E-state index < -0.39 is 28.7 Å². The van der Waals surface area contributed by atoms with Gasteiger partial charge in [-0.1, -0.05) is 38.2 Å². The van der Waals surface area contributed by atoms with E-state index in [1.165, 1.54) is 18.2 Å². The van der Waals surface area contributed by atoms with Crippen molar-refractivity contribution in [3.05, 3.63) is 29.8 Å². The first-order chi connectivity index (χ1) is 12.2. The molecule has 1 saturated carbocycles. The fourth-order valence-electron chi connectivity index (χ4n) is 2.95. The second-order valence-electron chi connectivity index (χ2n) is 6.49. The highest BCUT2D eigenvalue weighted by molar-refractivity contribution is 7.89. The SMILES string of the molecule is O=C(NCC(F)(F)F)c1cccc(S(=O)(=O)NC2CCCCCCC2)c1. The van der Waals surface area contributed by atoms with Crippen molar-refractivity contribution >= 4 is 15.9 Å². The highest BCUT2D eigenvalue weighted by atomic mass is 32.2. The summed E-state index contributed by atoms with van der Waals surface area (Å²) in [7, 11) is -3.84. The summed E-state index contributed by atoms with van der Waals surface area (Å²) in [6.45, 7) is -1.47. The Bertz CT molecular complexity index is 712. The predicted octanol–water partition coefficient (Wildman–Crippen LogP) is 3.37. The summed E-state index contributed by atoms with van der Waals surface area (Å²) >= 11 is 0. The molecule has 1 aromatic rings. The maximum Gasteiger partial charge on any atom is 0.405 e. The van der Waals surface area contributed by atoms with Crippen LogP contribution in [0.2, 0.25) is 0 Å². The number of sulfonamides is 1. The number of halogens is 3. The van der Waals surface area contributed by atoms with Crippen LogP contribution in [0, 0.1) is 0 Å². The zero-order chi connectivity index (χ0) is 19.2. The van der Waals surface area contributed by atoms with E-state index in [0.29, 0.717) is 0 Å². The van der Waals surface area contributed by atoms with E-state index in [1.54, 1.807) is 5.32 Å². The Hall–Kier alpha value is -1.61. The topological polar surface area (TPSA) is 75.3 Å². The van der Waals surface area contributed by atoms with Gasteiger partial charge in [0.2, 0.25) is 10.0 Å². The summed E-state index contributed by atoms with van der Waals surface area (Å²) < 4.78 is 64.4. The van der Waals surface area contributed by atoms with Crippen LogP contribution in [0.4, 0.5) is 13.2 Å². The molecule has 0 aliphatic heterocycles. The molecule has 0 radical (unpaired) electrons. The summed E-state index contributed by atoms with van der Waals surface area (Å²) in [4.78, 5) is 11.7. The van der Waals surface area contributed by atoms with E-state index in [9.17, 15) is 26.4 Å². The average Bonchev–Trinajstić information content (AvgIpc) is 2.54. The Morgan fingerprint density at radius 1 is 1.08 bits per heavy atom. The fourth-order valence-corrected chi connectivity index (χ4v) is 4.30. The number of carbonyl (C=O) groups is 1. The number of nitrogens with one attached hydrogen (secondary N) is 2. The quantitative estimate of drug-likeness (QED) is 0.807. The smallest absolute Gasteiger partial charge is 0.343 e. The van der Waals surface area contributed by atoms with Gasteiger partial charge < -0.3 is 5.32 Å². The Balaban J connectivity index is 2.08. The molecule has 1 fully saturated rings. The molecule has 2 rings (SSSR count). The zero-order valence-electron chi connectivity index (χ0n) is 14.3. The van der Waals surface area contributed by atoms with Gasteiger partial charge in [-0.2, -0.15) is 13.2 Å². The highest BCUT2D eigenvalue weighted by Gasteiger charge is 2.28. The van der Waals surface area contributed by atoms with Crippen molar-refractivity contribution in [2.45, 2.75) is 62.1 Å². The molecule has 0 aromatic heterocycles. The molecule has 1 aliphatic carbocycles. The average molecular weight is 392 g/mol. The molecule has 2 N–H and O–H groups in total. The van der Waals surface area contributed by atoms with E-state index in [1.807, 2.05) is 0 Å². The fraction of sp³-hybridized carbons (Fsp3) is 0.588. The van der Waals surface area contributed by atoms with Gasteiger partial charge >= 0.3 is 6.18 Å². The lowest BCUT2D eigenvalue weighted by Gasteiger charge is -2.21. The van der Waals surface area contributed by atoms with Crippen molar-refractivity contribution in [3.63, 3.8) is 0 Å². The van der Waals surface area contributed by atoms with Gasteiger partial charge in [0.1, 0.15) is 6.54 Å². The summed E-state index contributed by atoms with van der Waals surface area (Å²) in [5.74, 6) is -0.967. The molecule has 0 atom stereocenters. The van der Waals surface area contributed by atoms with Crippen LogP contribution in [0.1, 0.15) is 55.3 Å². The molecule has 1 aliphatic rings. The van der Waals surface area contributed by atoms with Gasteiger partial charge in [-0.3, -0.25) is 4.79 Å². The first-order valence-corrected chi connectivity index (χ1v) is 10.1. The van der Waals surface area contributed by atoms with Crippen LogP contribution in [0.3, 0.4) is 0 Å². The predicted molar refractivity (Wildman–Crippen MR) is 91.3 cm³/mol. The molecule has 0 unspecified atom stereocenters. The normalized spacial score (nSPS) is 17.3. The largest absolute Gasteiger partial charge is 0.405 e. The second kappa shape index (κ2) is 8.85. The summed E-state index contributed by atoms with van der Waals surface area (Å²) in [5, 5.41) is 1.73. The van der Waals surface area contributed by atoms with Crippen LogP contribution < -0.4 is 10.0 Å². The molecular weight excluding hydrogens is 369 g/mol. The van der Waals surface area contributed by atoms with Crippen molar-refractivity contribution in [2.24, 2.45) is 0 Å². The lowest BCUT2D eigenvalue weighted by atomic mass is 9.97. The summed E-state index contributed by atoms with van der Waals surface area (Å²) in [6.07, 6.45) is 2.20. The van der Waals surface area contributed by atoms with Crippen molar-refractivity contribution in [3.8, 4) is 0 Å². The van der Waals surface area contributed by atoms with Crippen LogP contribution in [0.5, 0.6) is 0 Å². The number of hydrogen-bond donors (Lipinski definition) is 2. The second-order valence-corrected chi connectivity index (χ2v) is 8.20. The molecule has 0 spiro atoms. The maximum atomic E-state index is 12.6. The molecule has 0 bridgehead atoms. The monoisotopic (exact) mass is 392 g/mol. The number of alkyl halides is 3. The number of hydrogen-bond acceptors (Lipinski definition) is 3. The maximum absolute atomic E-state index is 12.6. The lowest BCUT2D eigenvalue weighted by Crippen LogP contribution is -2.36. The van der Waals surface area contributed by atoms with Crippen LogP contribution >= 0.6 is 0 Å². The van der Waals surface area contributed by atoms with E-state index in [2.05, 4.69) is 4.72 Å². The number of benzene rings is 1. The minimum atomic E-state index is -4.53. The Morgan fingerprint density at radius 2 is 1.69 bits per heavy atom. The van der Waals surface area contributed by atoms with E-state index in [0.717, 1.165) is 51.0 Å². The van der Waals surface area contributed by atoms with Crippen LogP contribution in [-0.4, -0.2) is 33.1 Å². The van der Waals surface area contributed by atoms with Gasteiger partial charge in [0.05, 0.1) is 4.90 Å². The number of rotatable bonds is 5. The Labute approximate surface area is 151 Å². The Kier molecular flexibility index (Phi) is 7.05. The first-order valence-electron chi connectivity index (χ1n) is 8.65. The van der Waals surface area contributed by atoms with Crippen LogP contribution in [-0.2, 0) is 10.0 Å². The van der Waals surface area contributed by atoms with Gasteiger partial charge in [-0.15, -0.1) is 0 Å². The third-order valence-electron chi connectivity index (χ3n) is 4.28. The molecule has 1 amide bonds. The minimum Gasteiger partial charge on any atom is -0.343 e. The Morgan fingerprint density at radius 3 is 2.31 bits per heavy atom. The summed E-state index contributed by atoms with van der Waals surface area (Å²) in [5.41, 5.74) is -0.130. The van der Waals surface area contributed by atoms with Crippen molar-refractivity contribution in [1.29, 1.82) is 0 Å². The van der Waals surface area contributed by atoms with Crippen LogP contribution in [0.15, 0.2) is 29.2 Å². The van der Waals surface area contributed by atoms with Gasteiger partial charge in [-0.25, -0.2) is 13.1 Å². The molecule has 146 valence electrons. The van der Waals surface area contributed by atoms with Crippen molar-refractivity contribution in [1.82, 2.24) is 10.0 Å². The third-order valence-corrected chi connectivity index (χ3v) is 5.80. The number of carbonyl (C=O) groups excluding carboxylic acids is 1. The zero-order valence-corrected chi connectivity index (χ0v) is 15.1. The molecule has 0 saturated heterocycles. The molecule has 9 heteroatoms. The molecule has 5 nitrogen and oxygen atoms in total. The first kappa shape index (κ1) is 20.7. The minimum absolute atomic E-state index is 0.126. The standard InChI is InChI=1S/C17H23F3N2O3S/c18-17(19,20)12-21-16(23)13-7-6-10-15(11-13)26(24,25)22-14-8-4-2-1-3-5-9-14/h6-7,10-11,14,22H,1-5,8-9,12H2,(H,21,23). The van der Waals surface area contributed by atoms with Gasteiger partial charge in [0.15, 0.2) is 0 Å². The molecule has 0 heterocycles. The third kappa shape index (κ3) is 6.60. The molecular formula is C17H23F3N2O3S. The van der Waals surface area contributed by atoms with E-state index in [-0.39, 0.29) is 16.5 Å². The lowest BCUT2D eigenvalue weighted by molar-refractivity contribution is -0.123. The highest BCUT2D eigenvalue weighted by Crippen LogP contribution is 2.20. The van der Waals surface area contributed by atoms with Crippen molar-refractivity contribution < 1.29 is 26.4 Å². The summed E-state index contributed by atoms with van der Waals surface area (Å²) in [6, 6.07) is 4.88. The van der Waals surface area contributed by atoms with Gasteiger partial charge in [-0.05, 0) is 31.0 Å². The molecule has 1 aromatic carbocycles. The number of amides is 1. The molecule has 26 heavy (non-hydrogen) atoms. The van der Waals surface area contributed by atoms with Gasteiger partial charge in [0.25, 0.3) is 5.91 Å².